The summed E-state index contributed by atoms with van der Waals surface area (Å²) >= 11 is 7.60. The highest BCUT2D eigenvalue weighted by molar-refractivity contribution is 7.11. The fraction of sp³-hybridized carbons (Fsp3) is 0.364. The molecule has 0 bridgehead atoms. The Hall–Kier alpha value is -1.40. The molecule has 0 aromatic carbocycles. The molecule has 18 heavy (non-hydrogen) atoms. The minimum atomic E-state index is -0.278. The monoisotopic (exact) mass is 284 g/mol. The summed E-state index contributed by atoms with van der Waals surface area (Å²) in [6.07, 6.45) is 3.38. The van der Waals surface area contributed by atoms with Crippen LogP contribution in [-0.2, 0) is 13.1 Å². The molecule has 96 valence electrons. The molecule has 0 amide bonds. The van der Waals surface area contributed by atoms with Crippen LogP contribution in [0.25, 0.3) is 0 Å². The predicted octanol–water partition coefficient (Wildman–Crippen LogP) is 2.29. The van der Waals surface area contributed by atoms with Crippen molar-refractivity contribution in [1.29, 1.82) is 0 Å². The van der Waals surface area contributed by atoms with E-state index in [-0.39, 0.29) is 10.6 Å². The molecule has 0 radical (unpaired) electrons. The van der Waals surface area contributed by atoms with Gasteiger partial charge in [0.2, 0.25) is 0 Å². The predicted molar refractivity (Wildman–Crippen MR) is 73.4 cm³/mol. The van der Waals surface area contributed by atoms with Crippen LogP contribution >= 0.6 is 22.9 Å². The van der Waals surface area contributed by atoms with Crippen molar-refractivity contribution in [1.82, 2.24) is 14.8 Å². The lowest BCUT2D eigenvalue weighted by atomic mass is 10.4. The minimum Gasteiger partial charge on any atom is -0.376 e. The van der Waals surface area contributed by atoms with Crippen LogP contribution in [0.3, 0.4) is 0 Å². The van der Waals surface area contributed by atoms with Crippen molar-refractivity contribution in [3.8, 4) is 0 Å². The summed E-state index contributed by atoms with van der Waals surface area (Å²) in [7, 11) is 0. The quantitative estimate of drug-likeness (QED) is 0.936. The van der Waals surface area contributed by atoms with Gasteiger partial charge in [0, 0.05) is 17.6 Å². The zero-order chi connectivity index (χ0) is 13.1. The van der Waals surface area contributed by atoms with E-state index < -0.39 is 0 Å². The maximum atomic E-state index is 11.8. The summed E-state index contributed by atoms with van der Waals surface area (Å²) in [6.45, 7) is 4.88. The fourth-order valence-electron chi connectivity index (χ4n) is 1.47. The van der Waals surface area contributed by atoms with E-state index in [9.17, 15) is 4.79 Å². The van der Waals surface area contributed by atoms with Crippen LogP contribution in [0, 0.1) is 6.92 Å². The second-order valence-corrected chi connectivity index (χ2v) is 5.41. The topological polar surface area (TPSA) is 59.8 Å². The molecule has 0 atom stereocenters. The molecule has 0 saturated heterocycles. The van der Waals surface area contributed by atoms with E-state index >= 15 is 0 Å². The van der Waals surface area contributed by atoms with Crippen LogP contribution in [0.2, 0.25) is 5.02 Å². The van der Waals surface area contributed by atoms with Crippen molar-refractivity contribution in [2.45, 2.75) is 26.9 Å². The molecule has 0 unspecified atom stereocenters. The fourth-order valence-corrected chi connectivity index (χ4v) is 2.41. The molecule has 1 N–H and O–H groups in total. The normalized spacial score (nSPS) is 10.6. The van der Waals surface area contributed by atoms with Gasteiger partial charge in [-0.05, 0) is 13.8 Å². The van der Waals surface area contributed by atoms with E-state index in [1.807, 2.05) is 20.0 Å². The second kappa shape index (κ2) is 5.49. The van der Waals surface area contributed by atoms with Gasteiger partial charge in [-0.15, -0.1) is 11.3 Å². The molecule has 2 rings (SSSR count). The van der Waals surface area contributed by atoms with Gasteiger partial charge in [0.05, 0.1) is 18.4 Å². The molecule has 2 aromatic heterocycles. The van der Waals surface area contributed by atoms with Crippen molar-refractivity contribution >= 4 is 28.6 Å². The third-order valence-corrected chi connectivity index (χ3v) is 3.66. The third-order valence-electron chi connectivity index (χ3n) is 2.38. The van der Waals surface area contributed by atoms with E-state index in [2.05, 4.69) is 15.4 Å². The lowest BCUT2D eigenvalue weighted by molar-refractivity contribution is 0.616. The molecule has 7 heteroatoms. The molecule has 2 heterocycles. The number of hydrogen-bond donors (Lipinski definition) is 1. The number of nitrogens with one attached hydrogen (secondary N) is 1. The number of nitrogens with zero attached hydrogens (tertiary/aromatic N) is 3. The second-order valence-electron chi connectivity index (χ2n) is 3.71. The van der Waals surface area contributed by atoms with Gasteiger partial charge in [-0.2, -0.15) is 5.10 Å². The van der Waals surface area contributed by atoms with Gasteiger partial charge < -0.3 is 5.32 Å². The van der Waals surface area contributed by atoms with Gasteiger partial charge in [-0.25, -0.2) is 9.67 Å². The molecule has 0 spiro atoms. The summed E-state index contributed by atoms with van der Waals surface area (Å²) in [5.74, 6) is 0. The zero-order valence-electron chi connectivity index (χ0n) is 10.1. The molecule has 2 aromatic rings. The molecular weight excluding hydrogens is 272 g/mol. The number of hydrogen-bond acceptors (Lipinski definition) is 5. The van der Waals surface area contributed by atoms with Crippen molar-refractivity contribution < 1.29 is 0 Å². The molecule has 0 saturated carbocycles. The van der Waals surface area contributed by atoms with Crippen LogP contribution in [0.15, 0.2) is 17.2 Å². The molecule has 0 aliphatic rings. The zero-order valence-corrected chi connectivity index (χ0v) is 11.7. The molecule has 5 nitrogen and oxygen atoms in total. The maximum absolute atomic E-state index is 11.8. The van der Waals surface area contributed by atoms with Gasteiger partial charge in [0.25, 0.3) is 5.56 Å². The van der Waals surface area contributed by atoms with Crippen molar-refractivity contribution in [2.24, 2.45) is 0 Å². The first-order chi connectivity index (χ1) is 8.61. The van der Waals surface area contributed by atoms with Gasteiger partial charge in [-0.3, -0.25) is 4.79 Å². The standard InChI is InChI=1S/C11H13ClN4OS/c1-3-16-11(17)10(12)8(5-15-16)13-6-9-14-4-7(2)18-9/h4-5,13H,3,6H2,1-2H3. The van der Waals surface area contributed by atoms with Crippen LogP contribution in [0.5, 0.6) is 0 Å². The largest absolute Gasteiger partial charge is 0.376 e. The highest BCUT2D eigenvalue weighted by Crippen LogP contribution is 2.18. The van der Waals surface area contributed by atoms with E-state index in [0.717, 1.165) is 9.88 Å². The number of rotatable bonds is 4. The average Bonchev–Trinajstić information content (AvgIpc) is 2.77. The van der Waals surface area contributed by atoms with Gasteiger partial charge >= 0.3 is 0 Å². The lowest BCUT2D eigenvalue weighted by Gasteiger charge is -2.07. The molecular formula is C11H13ClN4OS. The average molecular weight is 285 g/mol. The Morgan fingerprint density at radius 3 is 2.89 bits per heavy atom. The summed E-state index contributed by atoms with van der Waals surface area (Å²) in [4.78, 5) is 17.1. The molecule has 0 aliphatic heterocycles. The summed E-state index contributed by atoms with van der Waals surface area (Å²) < 4.78 is 1.32. The SMILES string of the molecule is CCn1ncc(NCc2ncc(C)s2)c(Cl)c1=O. The highest BCUT2D eigenvalue weighted by atomic mass is 35.5. The molecule has 0 aliphatic carbocycles. The van der Waals surface area contributed by atoms with Crippen LogP contribution in [0.1, 0.15) is 16.8 Å². The first kappa shape index (κ1) is 13.0. The van der Waals surface area contributed by atoms with Crippen LogP contribution < -0.4 is 10.9 Å². The Balaban J connectivity index is 2.15. The Bertz CT molecular complexity index is 607. The Labute approximate surface area is 113 Å². The van der Waals surface area contributed by atoms with Crippen molar-refractivity contribution in [2.75, 3.05) is 5.32 Å². The number of thiazole rings is 1. The van der Waals surface area contributed by atoms with Gasteiger partial charge in [0.15, 0.2) is 0 Å². The van der Waals surface area contributed by atoms with E-state index in [4.69, 9.17) is 11.6 Å². The smallest absolute Gasteiger partial charge is 0.287 e. The summed E-state index contributed by atoms with van der Waals surface area (Å²) in [5.41, 5.74) is 0.263. The Kier molecular flexibility index (Phi) is 3.98. The van der Waals surface area contributed by atoms with Crippen molar-refractivity contribution in [3.63, 3.8) is 0 Å². The number of aryl methyl sites for hydroxylation is 2. The number of halogens is 1. The first-order valence-electron chi connectivity index (χ1n) is 5.52. The third kappa shape index (κ3) is 2.70. The van der Waals surface area contributed by atoms with Crippen LogP contribution in [-0.4, -0.2) is 14.8 Å². The van der Waals surface area contributed by atoms with Crippen LogP contribution in [0.4, 0.5) is 5.69 Å². The Morgan fingerprint density at radius 1 is 1.50 bits per heavy atom. The maximum Gasteiger partial charge on any atom is 0.287 e. The summed E-state index contributed by atoms with van der Waals surface area (Å²) in [5, 5.41) is 8.20. The summed E-state index contributed by atoms with van der Waals surface area (Å²) in [6, 6.07) is 0. The Morgan fingerprint density at radius 2 is 2.28 bits per heavy atom. The van der Waals surface area contributed by atoms with E-state index in [1.165, 1.54) is 4.68 Å². The van der Waals surface area contributed by atoms with E-state index in [0.29, 0.717) is 18.8 Å². The number of anilines is 1. The number of aromatic nitrogens is 3. The van der Waals surface area contributed by atoms with E-state index in [1.54, 1.807) is 17.5 Å². The molecule has 0 fully saturated rings. The highest BCUT2D eigenvalue weighted by Gasteiger charge is 2.08. The minimum absolute atomic E-state index is 0.167. The first-order valence-corrected chi connectivity index (χ1v) is 6.72. The van der Waals surface area contributed by atoms with Crippen molar-refractivity contribution in [3.05, 3.63) is 37.7 Å². The lowest BCUT2D eigenvalue weighted by Crippen LogP contribution is -2.23. The van der Waals surface area contributed by atoms with Gasteiger partial charge in [0.1, 0.15) is 10.0 Å². The van der Waals surface area contributed by atoms with Gasteiger partial charge in [-0.1, -0.05) is 11.6 Å².